The Bertz CT molecular complexity index is 475. The molecule has 0 saturated carbocycles. The summed E-state index contributed by atoms with van der Waals surface area (Å²) < 4.78 is 5.10. The van der Waals surface area contributed by atoms with Crippen molar-refractivity contribution >= 4 is 11.7 Å². The van der Waals surface area contributed by atoms with E-state index in [4.69, 9.17) is 4.74 Å². The fraction of sp³-hybridized carbons (Fsp3) is 0.588. The Morgan fingerprint density at radius 3 is 2.77 bits per heavy atom. The summed E-state index contributed by atoms with van der Waals surface area (Å²) >= 11 is 0. The van der Waals surface area contributed by atoms with Gasteiger partial charge in [0, 0.05) is 24.8 Å². The van der Waals surface area contributed by atoms with Crippen molar-refractivity contribution in [2.24, 2.45) is 5.92 Å². The highest BCUT2D eigenvalue weighted by molar-refractivity contribution is 5.89. The van der Waals surface area contributed by atoms with Gasteiger partial charge in [0.1, 0.15) is 5.75 Å². The maximum absolute atomic E-state index is 12.0. The van der Waals surface area contributed by atoms with Gasteiger partial charge in [-0.25, -0.2) is 4.79 Å². The number of piperidine rings is 1. The number of nitrogens with one attached hydrogen (secondary N) is 2. The third-order valence-electron chi connectivity index (χ3n) is 4.00. The number of amides is 2. The molecule has 1 aliphatic rings. The molecule has 1 saturated heterocycles. The SMILES string of the molecule is COc1ccc(NC(=O)NC(C)CN2CCCC(C)C2)cc1. The van der Waals surface area contributed by atoms with Gasteiger partial charge in [-0.3, -0.25) is 0 Å². The van der Waals surface area contributed by atoms with Gasteiger partial charge in [0.2, 0.25) is 0 Å². The van der Waals surface area contributed by atoms with E-state index in [1.54, 1.807) is 7.11 Å². The van der Waals surface area contributed by atoms with Crippen LogP contribution in [0.15, 0.2) is 24.3 Å². The summed E-state index contributed by atoms with van der Waals surface area (Å²) in [7, 11) is 1.62. The molecule has 122 valence electrons. The first kappa shape index (κ1) is 16.6. The summed E-state index contributed by atoms with van der Waals surface area (Å²) in [6.45, 7) is 7.51. The Morgan fingerprint density at radius 2 is 2.14 bits per heavy atom. The molecule has 5 nitrogen and oxygen atoms in total. The number of likely N-dealkylation sites (tertiary alicyclic amines) is 1. The molecule has 0 radical (unpaired) electrons. The van der Waals surface area contributed by atoms with E-state index in [0.29, 0.717) is 0 Å². The number of hydrogen-bond donors (Lipinski definition) is 2. The summed E-state index contributed by atoms with van der Waals surface area (Å²) in [6.07, 6.45) is 2.57. The van der Waals surface area contributed by atoms with Gasteiger partial charge in [-0.1, -0.05) is 6.92 Å². The largest absolute Gasteiger partial charge is 0.497 e. The van der Waals surface area contributed by atoms with Crippen LogP contribution in [0.1, 0.15) is 26.7 Å². The van der Waals surface area contributed by atoms with Crippen LogP contribution in [0, 0.1) is 5.92 Å². The quantitative estimate of drug-likeness (QED) is 0.879. The lowest BCUT2D eigenvalue weighted by Crippen LogP contribution is -2.46. The minimum Gasteiger partial charge on any atom is -0.497 e. The van der Waals surface area contributed by atoms with E-state index in [1.165, 1.54) is 12.8 Å². The lowest BCUT2D eigenvalue weighted by atomic mass is 10.00. The van der Waals surface area contributed by atoms with E-state index in [9.17, 15) is 4.79 Å². The van der Waals surface area contributed by atoms with E-state index in [-0.39, 0.29) is 12.1 Å². The van der Waals surface area contributed by atoms with E-state index in [1.807, 2.05) is 31.2 Å². The van der Waals surface area contributed by atoms with Gasteiger partial charge < -0.3 is 20.3 Å². The minimum absolute atomic E-state index is 0.128. The number of carbonyl (C=O) groups excluding carboxylic acids is 1. The molecule has 2 N–H and O–H groups in total. The maximum Gasteiger partial charge on any atom is 0.319 e. The predicted molar refractivity (Wildman–Crippen MR) is 89.4 cm³/mol. The molecule has 2 rings (SSSR count). The number of urea groups is 1. The fourth-order valence-electron chi connectivity index (χ4n) is 2.95. The van der Waals surface area contributed by atoms with Crippen LogP contribution in [0.2, 0.25) is 0 Å². The smallest absolute Gasteiger partial charge is 0.319 e. The van der Waals surface area contributed by atoms with Gasteiger partial charge >= 0.3 is 6.03 Å². The van der Waals surface area contributed by atoms with Crippen LogP contribution >= 0.6 is 0 Å². The molecule has 22 heavy (non-hydrogen) atoms. The van der Waals surface area contributed by atoms with Crippen LogP contribution in [0.5, 0.6) is 5.75 Å². The van der Waals surface area contributed by atoms with Gasteiger partial charge in [-0.2, -0.15) is 0 Å². The van der Waals surface area contributed by atoms with Crippen molar-refractivity contribution in [3.05, 3.63) is 24.3 Å². The molecule has 5 heteroatoms. The standard InChI is InChI=1S/C17H27N3O2/c1-13-5-4-10-20(11-13)12-14(2)18-17(21)19-15-6-8-16(22-3)9-7-15/h6-9,13-14H,4-5,10-12H2,1-3H3,(H2,18,19,21). The number of nitrogens with zero attached hydrogens (tertiary/aromatic N) is 1. The zero-order valence-corrected chi connectivity index (χ0v) is 13.8. The number of rotatable bonds is 5. The van der Waals surface area contributed by atoms with Crippen LogP contribution in [0.3, 0.4) is 0 Å². The third kappa shape index (κ3) is 5.22. The molecular formula is C17H27N3O2. The molecule has 0 bridgehead atoms. The van der Waals surface area contributed by atoms with Gasteiger partial charge in [0.05, 0.1) is 7.11 Å². The number of carbonyl (C=O) groups is 1. The van der Waals surface area contributed by atoms with E-state index >= 15 is 0 Å². The predicted octanol–water partition coefficient (Wildman–Crippen LogP) is 2.94. The maximum atomic E-state index is 12.0. The summed E-state index contributed by atoms with van der Waals surface area (Å²) in [4.78, 5) is 14.4. The topological polar surface area (TPSA) is 53.6 Å². The Kier molecular flexibility index (Phi) is 6.07. The molecule has 2 unspecified atom stereocenters. The fourth-order valence-corrected chi connectivity index (χ4v) is 2.95. The van der Waals surface area contributed by atoms with Crippen LogP contribution in [-0.2, 0) is 0 Å². The van der Waals surface area contributed by atoms with Crippen molar-refractivity contribution in [1.82, 2.24) is 10.2 Å². The average molecular weight is 305 g/mol. The first-order valence-electron chi connectivity index (χ1n) is 8.00. The molecule has 0 aromatic heterocycles. The number of methoxy groups -OCH3 is 1. The minimum atomic E-state index is -0.164. The van der Waals surface area contributed by atoms with Gasteiger partial charge in [-0.05, 0) is 56.5 Å². The average Bonchev–Trinajstić information content (AvgIpc) is 2.47. The second kappa shape index (κ2) is 8.03. The van der Waals surface area contributed by atoms with Crippen LogP contribution in [-0.4, -0.2) is 43.7 Å². The summed E-state index contributed by atoms with van der Waals surface area (Å²) in [5.41, 5.74) is 0.761. The van der Waals surface area contributed by atoms with E-state index < -0.39 is 0 Å². The Balaban J connectivity index is 1.75. The molecule has 1 fully saturated rings. The molecule has 0 aliphatic carbocycles. The first-order valence-corrected chi connectivity index (χ1v) is 8.00. The zero-order valence-electron chi connectivity index (χ0n) is 13.8. The third-order valence-corrected chi connectivity index (χ3v) is 4.00. The van der Waals surface area contributed by atoms with Gasteiger partial charge in [0.25, 0.3) is 0 Å². The molecule has 1 heterocycles. The van der Waals surface area contributed by atoms with Gasteiger partial charge in [0.15, 0.2) is 0 Å². The Labute approximate surface area is 133 Å². The summed E-state index contributed by atoms with van der Waals surface area (Å²) in [5.74, 6) is 1.53. The number of hydrogen-bond acceptors (Lipinski definition) is 3. The monoisotopic (exact) mass is 305 g/mol. The Morgan fingerprint density at radius 1 is 1.41 bits per heavy atom. The van der Waals surface area contributed by atoms with Gasteiger partial charge in [-0.15, -0.1) is 0 Å². The van der Waals surface area contributed by atoms with Crippen molar-refractivity contribution in [2.75, 3.05) is 32.1 Å². The van der Waals surface area contributed by atoms with E-state index in [0.717, 1.165) is 37.0 Å². The molecule has 0 spiro atoms. The molecule has 2 atom stereocenters. The van der Waals surface area contributed by atoms with Crippen LogP contribution < -0.4 is 15.4 Å². The normalized spacial score (nSPS) is 20.2. The highest BCUT2D eigenvalue weighted by Gasteiger charge is 2.18. The second-order valence-corrected chi connectivity index (χ2v) is 6.23. The molecule has 1 aliphatic heterocycles. The number of ether oxygens (including phenoxy) is 1. The van der Waals surface area contributed by atoms with Crippen molar-refractivity contribution in [3.63, 3.8) is 0 Å². The highest BCUT2D eigenvalue weighted by Crippen LogP contribution is 2.16. The lowest BCUT2D eigenvalue weighted by Gasteiger charge is -2.32. The number of anilines is 1. The summed E-state index contributed by atoms with van der Waals surface area (Å²) in [6, 6.07) is 7.28. The molecule has 2 amide bonds. The van der Waals surface area contributed by atoms with Crippen molar-refractivity contribution < 1.29 is 9.53 Å². The molecule has 1 aromatic carbocycles. The lowest BCUT2D eigenvalue weighted by molar-refractivity contribution is 0.170. The molecular weight excluding hydrogens is 278 g/mol. The van der Waals surface area contributed by atoms with Crippen molar-refractivity contribution in [1.29, 1.82) is 0 Å². The van der Waals surface area contributed by atoms with Crippen molar-refractivity contribution in [3.8, 4) is 5.75 Å². The summed E-state index contributed by atoms with van der Waals surface area (Å²) in [5, 5.41) is 5.84. The molecule has 1 aromatic rings. The number of benzene rings is 1. The Hall–Kier alpha value is -1.75. The first-order chi connectivity index (χ1) is 10.6. The van der Waals surface area contributed by atoms with Crippen LogP contribution in [0.25, 0.3) is 0 Å². The second-order valence-electron chi connectivity index (χ2n) is 6.23. The van der Waals surface area contributed by atoms with E-state index in [2.05, 4.69) is 22.5 Å². The zero-order chi connectivity index (χ0) is 15.9. The van der Waals surface area contributed by atoms with Crippen LogP contribution in [0.4, 0.5) is 10.5 Å². The highest BCUT2D eigenvalue weighted by atomic mass is 16.5. The van der Waals surface area contributed by atoms with Crippen molar-refractivity contribution in [2.45, 2.75) is 32.7 Å².